The number of aromatic nitrogens is 2. The Balaban J connectivity index is 1.53. The number of hydrogen-bond acceptors (Lipinski definition) is 5. The van der Waals surface area contributed by atoms with Gasteiger partial charge in [0.05, 0.1) is 5.69 Å². The Morgan fingerprint density at radius 1 is 0.833 bits per heavy atom. The van der Waals surface area contributed by atoms with Gasteiger partial charge in [0.15, 0.2) is 5.82 Å². The van der Waals surface area contributed by atoms with Gasteiger partial charge in [-0.25, -0.2) is 4.98 Å². The lowest BCUT2D eigenvalue weighted by molar-refractivity contribution is -0.106. The summed E-state index contributed by atoms with van der Waals surface area (Å²) in [6.07, 6.45) is 5.96. The van der Waals surface area contributed by atoms with Crippen LogP contribution in [-0.4, -0.2) is 16.4 Å². The summed E-state index contributed by atoms with van der Waals surface area (Å²) in [5, 5.41) is 3.29. The first-order valence-electron chi connectivity index (χ1n) is 9.49. The topological polar surface area (TPSA) is 67.4 Å². The first-order chi connectivity index (χ1) is 14.8. The molecule has 0 saturated heterocycles. The van der Waals surface area contributed by atoms with Crippen LogP contribution in [0.4, 0.5) is 17.2 Å². The van der Waals surface area contributed by atoms with Crippen molar-refractivity contribution in [3.8, 4) is 11.5 Å². The standard InChI is InChI=1S/C24H20N4O2/c29-18-28(20-8-10-22(11-9-20)30-21-5-2-1-3-6-21)23-7-4-14-26-24(23)27-17-19-12-15-25-16-13-19/h1-16,18H,17H2,(H,26,27). The number of amides is 1. The van der Waals surface area contributed by atoms with E-state index >= 15 is 0 Å². The van der Waals surface area contributed by atoms with Gasteiger partial charge in [-0.2, -0.15) is 0 Å². The SMILES string of the molecule is O=CN(c1ccc(Oc2ccccc2)cc1)c1cccnc1NCc1ccncc1. The van der Waals surface area contributed by atoms with Crippen LogP contribution in [0, 0.1) is 0 Å². The fraction of sp³-hybridized carbons (Fsp3) is 0.0417. The molecule has 0 aliphatic carbocycles. The van der Waals surface area contributed by atoms with Crippen molar-refractivity contribution < 1.29 is 9.53 Å². The number of para-hydroxylation sites is 1. The lowest BCUT2D eigenvalue weighted by Gasteiger charge is -2.21. The summed E-state index contributed by atoms with van der Waals surface area (Å²) in [5.74, 6) is 2.07. The monoisotopic (exact) mass is 396 g/mol. The van der Waals surface area contributed by atoms with E-state index in [4.69, 9.17) is 4.74 Å². The second-order valence-corrected chi connectivity index (χ2v) is 6.46. The van der Waals surface area contributed by atoms with E-state index in [1.807, 2.05) is 72.8 Å². The zero-order chi connectivity index (χ0) is 20.6. The summed E-state index contributed by atoms with van der Waals surface area (Å²) in [7, 11) is 0. The first-order valence-corrected chi connectivity index (χ1v) is 9.49. The van der Waals surface area contributed by atoms with Gasteiger partial charge in [0.25, 0.3) is 0 Å². The molecule has 0 radical (unpaired) electrons. The van der Waals surface area contributed by atoms with Gasteiger partial charge in [0.1, 0.15) is 11.5 Å². The molecule has 0 aliphatic rings. The van der Waals surface area contributed by atoms with E-state index < -0.39 is 0 Å². The minimum Gasteiger partial charge on any atom is -0.457 e. The molecule has 6 nitrogen and oxygen atoms in total. The quantitative estimate of drug-likeness (QED) is 0.416. The normalized spacial score (nSPS) is 10.3. The Bertz CT molecular complexity index is 1090. The zero-order valence-electron chi connectivity index (χ0n) is 16.2. The van der Waals surface area contributed by atoms with E-state index in [-0.39, 0.29) is 0 Å². The van der Waals surface area contributed by atoms with Crippen LogP contribution in [0.2, 0.25) is 0 Å². The van der Waals surface area contributed by atoms with Crippen LogP contribution in [-0.2, 0) is 11.3 Å². The summed E-state index contributed by atoms with van der Waals surface area (Å²) in [4.78, 5) is 21.9. The van der Waals surface area contributed by atoms with Crippen molar-refractivity contribution in [1.29, 1.82) is 0 Å². The molecule has 0 fully saturated rings. The third-order valence-electron chi connectivity index (χ3n) is 4.45. The van der Waals surface area contributed by atoms with Crippen LogP contribution >= 0.6 is 0 Å². The number of rotatable bonds is 8. The molecule has 2 heterocycles. The summed E-state index contributed by atoms with van der Waals surface area (Å²) < 4.78 is 5.83. The van der Waals surface area contributed by atoms with Crippen molar-refractivity contribution in [3.63, 3.8) is 0 Å². The molecule has 2 aromatic carbocycles. The van der Waals surface area contributed by atoms with Crippen LogP contribution in [0.5, 0.6) is 11.5 Å². The van der Waals surface area contributed by atoms with Crippen molar-refractivity contribution in [1.82, 2.24) is 9.97 Å². The number of nitrogens with one attached hydrogen (secondary N) is 1. The number of nitrogens with zero attached hydrogens (tertiary/aromatic N) is 3. The van der Waals surface area contributed by atoms with Gasteiger partial charge in [-0.1, -0.05) is 18.2 Å². The first kappa shape index (κ1) is 19.1. The molecule has 1 amide bonds. The molecule has 4 rings (SSSR count). The zero-order valence-corrected chi connectivity index (χ0v) is 16.2. The number of ether oxygens (including phenoxy) is 1. The average molecular weight is 396 g/mol. The van der Waals surface area contributed by atoms with Gasteiger partial charge < -0.3 is 10.1 Å². The molecule has 6 heteroatoms. The van der Waals surface area contributed by atoms with Gasteiger partial charge in [0.2, 0.25) is 6.41 Å². The fourth-order valence-electron chi connectivity index (χ4n) is 2.97. The third kappa shape index (κ3) is 4.62. The van der Waals surface area contributed by atoms with Crippen molar-refractivity contribution in [2.75, 3.05) is 10.2 Å². The Kier molecular flexibility index (Phi) is 5.96. The van der Waals surface area contributed by atoms with Crippen LogP contribution in [0.3, 0.4) is 0 Å². The summed E-state index contributed by atoms with van der Waals surface area (Å²) in [5.41, 5.74) is 2.45. The largest absolute Gasteiger partial charge is 0.457 e. The van der Waals surface area contributed by atoms with Crippen molar-refractivity contribution in [3.05, 3.63) is 103 Å². The summed E-state index contributed by atoms with van der Waals surface area (Å²) in [6, 6.07) is 24.4. The highest BCUT2D eigenvalue weighted by Crippen LogP contribution is 2.31. The highest BCUT2D eigenvalue weighted by atomic mass is 16.5. The molecule has 148 valence electrons. The number of pyridine rings is 2. The number of hydrogen-bond donors (Lipinski definition) is 1. The lowest BCUT2D eigenvalue weighted by atomic mass is 10.2. The third-order valence-corrected chi connectivity index (χ3v) is 4.45. The van der Waals surface area contributed by atoms with Crippen LogP contribution < -0.4 is 15.0 Å². The molecule has 0 spiro atoms. The van der Waals surface area contributed by atoms with E-state index in [1.165, 1.54) is 0 Å². The number of anilines is 3. The molecule has 30 heavy (non-hydrogen) atoms. The maximum absolute atomic E-state index is 11.9. The number of carbonyl (C=O) groups excluding carboxylic acids is 1. The Hall–Kier alpha value is -4.19. The molecule has 0 aliphatic heterocycles. The van der Waals surface area contributed by atoms with E-state index in [1.54, 1.807) is 29.6 Å². The molecular formula is C24H20N4O2. The second-order valence-electron chi connectivity index (χ2n) is 6.46. The molecule has 2 aromatic heterocycles. The van der Waals surface area contributed by atoms with Gasteiger partial charge in [-0.3, -0.25) is 14.7 Å². The Morgan fingerprint density at radius 2 is 1.57 bits per heavy atom. The van der Waals surface area contributed by atoms with Crippen LogP contribution in [0.1, 0.15) is 5.56 Å². The minimum absolute atomic E-state index is 0.573. The number of carbonyl (C=O) groups is 1. The summed E-state index contributed by atoms with van der Waals surface area (Å²) in [6.45, 7) is 0.573. The Labute approximate surface area is 174 Å². The number of benzene rings is 2. The highest BCUT2D eigenvalue weighted by Gasteiger charge is 2.14. The van der Waals surface area contributed by atoms with E-state index in [9.17, 15) is 4.79 Å². The van der Waals surface area contributed by atoms with Crippen molar-refractivity contribution in [2.24, 2.45) is 0 Å². The molecule has 0 unspecified atom stereocenters. The Morgan fingerprint density at radius 3 is 2.30 bits per heavy atom. The minimum atomic E-state index is 0.573. The molecule has 0 bridgehead atoms. The van der Waals surface area contributed by atoms with Gasteiger partial charge in [0, 0.05) is 30.8 Å². The van der Waals surface area contributed by atoms with Crippen LogP contribution in [0.15, 0.2) is 97.5 Å². The van der Waals surface area contributed by atoms with Gasteiger partial charge in [-0.05, 0) is 66.2 Å². The van der Waals surface area contributed by atoms with E-state index in [2.05, 4.69) is 15.3 Å². The molecule has 1 N–H and O–H groups in total. The second kappa shape index (κ2) is 9.34. The maximum Gasteiger partial charge on any atom is 0.218 e. The predicted octanol–water partition coefficient (Wildman–Crippen LogP) is 5.18. The predicted molar refractivity (Wildman–Crippen MR) is 117 cm³/mol. The average Bonchev–Trinajstić information content (AvgIpc) is 2.81. The van der Waals surface area contributed by atoms with Gasteiger partial charge >= 0.3 is 0 Å². The lowest BCUT2D eigenvalue weighted by Crippen LogP contribution is -2.17. The molecular weight excluding hydrogens is 376 g/mol. The molecule has 4 aromatic rings. The fourth-order valence-corrected chi connectivity index (χ4v) is 2.97. The maximum atomic E-state index is 11.9. The highest BCUT2D eigenvalue weighted by molar-refractivity contribution is 5.90. The van der Waals surface area contributed by atoms with E-state index in [0.29, 0.717) is 29.5 Å². The van der Waals surface area contributed by atoms with E-state index in [0.717, 1.165) is 17.7 Å². The molecule has 0 atom stereocenters. The molecule has 0 saturated carbocycles. The van der Waals surface area contributed by atoms with Crippen LogP contribution in [0.25, 0.3) is 0 Å². The van der Waals surface area contributed by atoms with Gasteiger partial charge in [-0.15, -0.1) is 0 Å². The summed E-state index contributed by atoms with van der Waals surface area (Å²) >= 11 is 0. The smallest absolute Gasteiger partial charge is 0.218 e. The van der Waals surface area contributed by atoms with Crippen molar-refractivity contribution in [2.45, 2.75) is 6.54 Å². The van der Waals surface area contributed by atoms with Crippen molar-refractivity contribution >= 4 is 23.6 Å².